The molecule has 0 bridgehead atoms. The third-order valence-corrected chi connectivity index (χ3v) is 7.02. The van der Waals surface area contributed by atoms with Crippen molar-refractivity contribution in [1.29, 1.82) is 0 Å². The van der Waals surface area contributed by atoms with Gasteiger partial charge in [0.1, 0.15) is 0 Å². The van der Waals surface area contributed by atoms with Crippen molar-refractivity contribution < 1.29 is 22.8 Å². The van der Waals surface area contributed by atoms with Crippen molar-refractivity contribution >= 4 is 15.7 Å². The molecule has 0 aliphatic carbocycles. The minimum atomic E-state index is -3.99. The number of nitro benzene ring substituents is 1. The number of hydrogen-bond donors (Lipinski definition) is 0. The number of aromatic nitrogens is 2. The van der Waals surface area contributed by atoms with E-state index in [2.05, 4.69) is 5.10 Å². The number of nitro groups is 1. The molecule has 2 aromatic carbocycles. The predicted molar refractivity (Wildman–Crippen MR) is 122 cm³/mol. The first-order valence-corrected chi connectivity index (χ1v) is 11.6. The molecular weight excluding hydrogens is 448 g/mol. The molecule has 0 spiro atoms. The number of non-ortho nitro benzene ring substituents is 1. The van der Waals surface area contributed by atoms with Crippen LogP contribution < -0.4 is 9.47 Å². The largest absolute Gasteiger partial charge is 0.493 e. The number of ether oxygens (including phenoxy) is 2. The smallest absolute Gasteiger partial charge is 0.269 e. The third kappa shape index (κ3) is 5.32. The number of rotatable bonds is 10. The molecule has 0 radical (unpaired) electrons. The second-order valence-corrected chi connectivity index (χ2v) is 9.25. The molecule has 0 atom stereocenters. The lowest BCUT2D eigenvalue weighted by molar-refractivity contribution is -0.384. The van der Waals surface area contributed by atoms with Crippen molar-refractivity contribution in [3.8, 4) is 11.5 Å². The van der Waals surface area contributed by atoms with Gasteiger partial charge in [0.25, 0.3) is 5.69 Å². The fourth-order valence-corrected chi connectivity index (χ4v) is 4.77. The van der Waals surface area contributed by atoms with Crippen LogP contribution in [-0.4, -0.2) is 41.6 Å². The zero-order chi connectivity index (χ0) is 24.2. The lowest BCUT2D eigenvalue weighted by Gasteiger charge is -2.23. The van der Waals surface area contributed by atoms with Crippen molar-refractivity contribution in [2.45, 2.75) is 38.4 Å². The Morgan fingerprint density at radius 2 is 1.73 bits per heavy atom. The Balaban J connectivity index is 2.02. The van der Waals surface area contributed by atoms with E-state index in [1.54, 1.807) is 22.9 Å². The third-order valence-electron chi connectivity index (χ3n) is 5.21. The van der Waals surface area contributed by atoms with E-state index in [0.717, 1.165) is 11.3 Å². The second-order valence-electron chi connectivity index (χ2n) is 7.31. The van der Waals surface area contributed by atoms with Crippen LogP contribution in [-0.2, 0) is 29.7 Å². The highest BCUT2D eigenvalue weighted by Gasteiger charge is 2.27. The van der Waals surface area contributed by atoms with Crippen LogP contribution in [0.2, 0.25) is 0 Å². The first-order chi connectivity index (χ1) is 15.7. The summed E-state index contributed by atoms with van der Waals surface area (Å²) in [6, 6.07) is 10.1. The fraction of sp³-hybridized carbons (Fsp3) is 0.318. The van der Waals surface area contributed by atoms with Crippen LogP contribution in [0, 0.1) is 17.0 Å². The van der Waals surface area contributed by atoms with Gasteiger partial charge in [-0.15, -0.1) is 0 Å². The molecule has 0 unspecified atom stereocenters. The van der Waals surface area contributed by atoms with Crippen LogP contribution in [0.4, 0.5) is 5.69 Å². The molecule has 0 saturated heterocycles. The van der Waals surface area contributed by atoms with Gasteiger partial charge in [-0.2, -0.15) is 9.40 Å². The van der Waals surface area contributed by atoms with Crippen LogP contribution in [0.5, 0.6) is 11.5 Å². The topological polar surface area (TPSA) is 117 Å². The van der Waals surface area contributed by atoms with E-state index in [-0.39, 0.29) is 23.7 Å². The molecule has 0 N–H and O–H groups in total. The summed E-state index contributed by atoms with van der Waals surface area (Å²) >= 11 is 0. The molecule has 3 rings (SSSR count). The highest BCUT2D eigenvalue weighted by atomic mass is 32.2. The normalized spacial score (nSPS) is 11.5. The lowest BCUT2D eigenvalue weighted by Crippen LogP contribution is -2.30. The zero-order valence-corrected chi connectivity index (χ0v) is 19.7. The monoisotopic (exact) mass is 474 g/mol. The molecule has 33 heavy (non-hydrogen) atoms. The number of methoxy groups -OCH3 is 2. The first kappa shape index (κ1) is 24.2. The average molecular weight is 475 g/mol. The molecule has 0 fully saturated rings. The molecule has 0 aliphatic rings. The highest BCUT2D eigenvalue weighted by molar-refractivity contribution is 7.89. The summed E-state index contributed by atoms with van der Waals surface area (Å²) in [5.74, 6) is 1.02. The SMILES string of the molecule is CCn1cc(CN(Cc2ccc(OC)c(OC)c2)S(=O)(=O)c2ccc([N+](=O)[O-])cc2)c(C)n1. The molecule has 176 valence electrons. The van der Waals surface area contributed by atoms with Gasteiger partial charge in [-0.05, 0) is 43.7 Å². The number of nitrogens with zero attached hydrogens (tertiary/aromatic N) is 4. The van der Waals surface area contributed by atoms with Gasteiger partial charge in [0.2, 0.25) is 10.0 Å². The van der Waals surface area contributed by atoms with Crippen molar-refractivity contribution in [2.75, 3.05) is 14.2 Å². The molecule has 11 heteroatoms. The van der Waals surface area contributed by atoms with Gasteiger partial charge < -0.3 is 9.47 Å². The van der Waals surface area contributed by atoms with E-state index in [9.17, 15) is 18.5 Å². The van der Waals surface area contributed by atoms with Gasteiger partial charge in [-0.3, -0.25) is 14.8 Å². The Morgan fingerprint density at radius 3 is 2.27 bits per heavy atom. The molecule has 10 nitrogen and oxygen atoms in total. The summed E-state index contributed by atoms with van der Waals surface area (Å²) in [6.07, 6.45) is 1.82. The molecule has 0 saturated carbocycles. The second kappa shape index (κ2) is 10.0. The van der Waals surface area contributed by atoms with E-state index in [0.29, 0.717) is 23.6 Å². The van der Waals surface area contributed by atoms with Crippen molar-refractivity contribution in [1.82, 2.24) is 14.1 Å². The molecule has 1 heterocycles. The summed E-state index contributed by atoms with van der Waals surface area (Å²) in [7, 11) is -0.953. The first-order valence-electron chi connectivity index (χ1n) is 10.2. The van der Waals surface area contributed by atoms with Gasteiger partial charge in [-0.1, -0.05) is 6.07 Å². The van der Waals surface area contributed by atoms with Crippen LogP contribution in [0.3, 0.4) is 0 Å². The quantitative estimate of drug-likeness (QED) is 0.326. The maximum atomic E-state index is 13.6. The minimum Gasteiger partial charge on any atom is -0.493 e. The Morgan fingerprint density at radius 1 is 1.06 bits per heavy atom. The summed E-state index contributed by atoms with van der Waals surface area (Å²) < 4.78 is 40.8. The van der Waals surface area contributed by atoms with Gasteiger partial charge in [0, 0.05) is 43.5 Å². The number of aryl methyl sites for hydroxylation is 2. The van der Waals surface area contributed by atoms with Gasteiger partial charge in [0.15, 0.2) is 11.5 Å². The van der Waals surface area contributed by atoms with Crippen LogP contribution in [0.15, 0.2) is 53.6 Å². The summed E-state index contributed by atoms with van der Waals surface area (Å²) in [4.78, 5) is 10.4. The predicted octanol–water partition coefficient (Wildman–Crippen LogP) is 3.53. The van der Waals surface area contributed by atoms with E-state index in [4.69, 9.17) is 9.47 Å². The molecular formula is C22H26N4O6S. The van der Waals surface area contributed by atoms with Gasteiger partial charge >= 0.3 is 0 Å². The van der Waals surface area contributed by atoms with Crippen molar-refractivity contribution in [2.24, 2.45) is 0 Å². The number of sulfonamides is 1. The molecule has 0 aliphatic heterocycles. The zero-order valence-electron chi connectivity index (χ0n) is 18.9. The maximum absolute atomic E-state index is 13.6. The summed E-state index contributed by atoms with van der Waals surface area (Å²) in [6.45, 7) is 4.57. The standard InChI is InChI=1S/C22H26N4O6S/c1-5-24-14-18(16(2)23-24)15-25(13-17-6-11-21(31-3)22(12-17)32-4)33(29,30)20-9-7-19(8-10-20)26(27)28/h6-12,14H,5,13,15H2,1-4H3. The van der Waals surface area contributed by atoms with Gasteiger partial charge in [0.05, 0.1) is 29.7 Å². The highest BCUT2D eigenvalue weighted by Crippen LogP contribution is 2.30. The van der Waals surface area contributed by atoms with Crippen LogP contribution in [0.25, 0.3) is 0 Å². The fourth-order valence-electron chi connectivity index (χ4n) is 3.36. The Hall–Kier alpha value is -3.44. The van der Waals surface area contributed by atoms with Crippen molar-refractivity contribution in [3.63, 3.8) is 0 Å². The molecule has 3 aromatic rings. The molecule has 1 aromatic heterocycles. The van der Waals surface area contributed by atoms with E-state index >= 15 is 0 Å². The lowest BCUT2D eigenvalue weighted by atomic mass is 10.2. The van der Waals surface area contributed by atoms with Gasteiger partial charge in [-0.25, -0.2) is 8.42 Å². The maximum Gasteiger partial charge on any atom is 0.269 e. The Labute approximate surface area is 192 Å². The summed E-state index contributed by atoms with van der Waals surface area (Å²) in [5.41, 5.74) is 2.01. The Kier molecular flexibility index (Phi) is 7.34. The summed E-state index contributed by atoms with van der Waals surface area (Å²) in [5, 5.41) is 15.4. The van der Waals surface area contributed by atoms with E-state index < -0.39 is 14.9 Å². The number of benzene rings is 2. The van der Waals surface area contributed by atoms with E-state index in [1.165, 1.54) is 42.8 Å². The molecule has 0 amide bonds. The van der Waals surface area contributed by atoms with Crippen LogP contribution in [0.1, 0.15) is 23.7 Å². The Bertz CT molecular complexity index is 1240. The number of hydrogen-bond acceptors (Lipinski definition) is 7. The minimum absolute atomic E-state index is 0.0332. The van der Waals surface area contributed by atoms with Crippen molar-refractivity contribution in [3.05, 3.63) is 75.6 Å². The van der Waals surface area contributed by atoms with E-state index in [1.807, 2.05) is 20.0 Å². The van der Waals surface area contributed by atoms with Crippen LogP contribution >= 0.6 is 0 Å². The average Bonchev–Trinajstić information content (AvgIpc) is 3.17.